The lowest BCUT2D eigenvalue weighted by Gasteiger charge is -2.28. The van der Waals surface area contributed by atoms with Gasteiger partial charge in [-0.15, -0.1) is 0 Å². The smallest absolute Gasteiger partial charge is 0.269 e. The van der Waals surface area contributed by atoms with Crippen molar-refractivity contribution >= 4 is 28.9 Å². The molecule has 0 spiro atoms. The third kappa shape index (κ3) is 6.58. The predicted octanol–water partition coefficient (Wildman–Crippen LogP) is 2.61. The van der Waals surface area contributed by atoms with Crippen LogP contribution < -0.4 is 27.4 Å². The van der Waals surface area contributed by atoms with E-state index in [2.05, 4.69) is 20.9 Å². The Morgan fingerprint density at radius 3 is 2.31 bits per heavy atom. The van der Waals surface area contributed by atoms with Gasteiger partial charge in [-0.25, -0.2) is 4.98 Å². The van der Waals surface area contributed by atoms with Gasteiger partial charge in [0, 0.05) is 35.3 Å². The molecular formula is C25H36FN7O2. The molecule has 8 N–H and O–H groups in total. The van der Waals surface area contributed by atoms with Crippen molar-refractivity contribution in [1.29, 1.82) is 5.41 Å². The van der Waals surface area contributed by atoms with Crippen molar-refractivity contribution in [1.82, 2.24) is 15.6 Å². The summed E-state index contributed by atoms with van der Waals surface area (Å²) in [5.74, 6) is -0.961. The molecule has 0 aliphatic heterocycles. The summed E-state index contributed by atoms with van der Waals surface area (Å²) < 4.78 is 14.8. The Labute approximate surface area is 205 Å². The lowest BCUT2D eigenvalue weighted by molar-refractivity contribution is -0.126. The molecule has 0 aromatic carbocycles. The lowest BCUT2D eigenvalue weighted by Crippen LogP contribution is -2.51. The fourth-order valence-corrected chi connectivity index (χ4v) is 4.53. The van der Waals surface area contributed by atoms with Crippen LogP contribution in [0.15, 0.2) is 29.7 Å². The number of halogens is 1. The summed E-state index contributed by atoms with van der Waals surface area (Å²) in [5.41, 5.74) is 12.5. The summed E-state index contributed by atoms with van der Waals surface area (Å²) in [4.78, 5) is 30.2. The van der Waals surface area contributed by atoms with Gasteiger partial charge in [-0.2, -0.15) is 4.39 Å². The minimum Gasteiger partial charge on any atom is -0.403 e. The van der Waals surface area contributed by atoms with Gasteiger partial charge in [0.1, 0.15) is 17.6 Å². The standard InChI is InChI=1S/C25H36FN7O2/c1-4-11-30-18(12-27)24(34)33-22(21(15-5-6-15)16-7-8-16)25(35)32-19-10-9-17(23(26)31-19)20(13(2)28)14(3)29/h9-10,12,15-16,21-22,28,30H,4-8,11,27,29H2,1-3H3,(H,33,34)(H,31,32,35)/b18-12-,20-14+,28-13?/t22-/m0/s1. The molecule has 2 aliphatic rings. The predicted molar refractivity (Wildman–Crippen MR) is 134 cm³/mol. The fourth-order valence-electron chi connectivity index (χ4n) is 4.53. The second-order valence-corrected chi connectivity index (χ2v) is 9.42. The molecule has 0 saturated heterocycles. The average molecular weight is 486 g/mol. The molecule has 0 unspecified atom stereocenters. The van der Waals surface area contributed by atoms with Crippen LogP contribution in [0.25, 0.3) is 5.57 Å². The largest absolute Gasteiger partial charge is 0.403 e. The first-order chi connectivity index (χ1) is 16.7. The summed E-state index contributed by atoms with van der Waals surface area (Å²) in [6, 6.07) is 2.12. The van der Waals surface area contributed by atoms with Gasteiger partial charge in [-0.05, 0) is 75.8 Å². The molecule has 2 amide bonds. The minimum absolute atomic E-state index is 0.00302. The number of rotatable bonds is 12. The molecule has 2 aliphatic carbocycles. The summed E-state index contributed by atoms with van der Waals surface area (Å²) in [7, 11) is 0. The van der Waals surface area contributed by atoms with Gasteiger partial charge in [0.25, 0.3) is 5.91 Å². The van der Waals surface area contributed by atoms with Crippen molar-refractivity contribution in [3.05, 3.63) is 41.2 Å². The molecule has 10 heteroatoms. The highest BCUT2D eigenvalue weighted by atomic mass is 19.1. The van der Waals surface area contributed by atoms with Crippen LogP contribution >= 0.6 is 0 Å². The normalized spacial score (nSPS) is 17.5. The molecule has 0 bridgehead atoms. The summed E-state index contributed by atoms with van der Waals surface area (Å²) in [6.45, 7) is 5.65. The van der Waals surface area contributed by atoms with E-state index in [4.69, 9.17) is 16.9 Å². The lowest BCUT2D eigenvalue weighted by atomic mass is 9.88. The Morgan fingerprint density at radius 2 is 1.86 bits per heavy atom. The SMILES string of the molecule is CCCN/C(=C\N)C(=O)N[C@H](C(=O)Nc1ccc(/C(C(C)=N)=C(\C)N)c(F)n1)C(C1CC1)C1CC1. The highest BCUT2D eigenvalue weighted by Crippen LogP contribution is 2.50. The Bertz CT molecular complexity index is 1030. The Morgan fingerprint density at radius 1 is 1.23 bits per heavy atom. The number of anilines is 1. The number of hydrogen-bond acceptors (Lipinski definition) is 7. The number of allylic oxidation sites excluding steroid dienone is 2. The number of carbonyl (C=O) groups is 2. The molecule has 2 saturated carbocycles. The first-order valence-corrected chi connectivity index (χ1v) is 12.1. The molecule has 35 heavy (non-hydrogen) atoms. The van der Waals surface area contributed by atoms with E-state index >= 15 is 0 Å². The second kappa shape index (κ2) is 11.3. The number of nitrogens with one attached hydrogen (secondary N) is 4. The Balaban J connectivity index is 1.83. The molecule has 2 fully saturated rings. The number of nitrogens with zero attached hydrogens (tertiary/aromatic N) is 1. The molecule has 190 valence electrons. The summed E-state index contributed by atoms with van der Waals surface area (Å²) in [6.07, 6.45) is 6.10. The first kappa shape index (κ1) is 26.2. The minimum atomic E-state index is -0.840. The molecule has 1 aromatic heterocycles. The van der Waals surface area contributed by atoms with Gasteiger partial charge in [-0.3, -0.25) is 9.59 Å². The topological polar surface area (TPSA) is 159 Å². The molecule has 1 aromatic rings. The van der Waals surface area contributed by atoms with Gasteiger partial charge in [0.05, 0.1) is 0 Å². The molecule has 0 radical (unpaired) electrons. The quantitative estimate of drug-likeness (QED) is 0.152. The summed E-state index contributed by atoms with van der Waals surface area (Å²) >= 11 is 0. The monoisotopic (exact) mass is 485 g/mol. The number of carbonyl (C=O) groups excluding carboxylic acids is 2. The van der Waals surface area contributed by atoms with Crippen LogP contribution in [-0.4, -0.2) is 35.1 Å². The van der Waals surface area contributed by atoms with Gasteiger partial charge in [0.15, 0.2) is 0 Å². The van der Waals surface area contributed by atoms with E-state index in [1.807, 2.05) is 6.92 Å². The zero-order valence-corrected chi connectivity index (χ0v) is 20.6. The van der Waals surface area contributed by atoms with Crippen LogP contribution in [0, 0.1) is 29.1 Å². The highest BCUT2D eigenvalue weighted by molar-refractivity contribution is 6.21. The van der Waals surface area contributed by atoms with E-state index in [1.165, 1.54) is 25.3 Å². The van der Waals surface area contributed by atoms with Crippen molar-refractivity contribution in [3.63, 3.8) is 0 Å². The number of nitrogens with two attached hydrogens (primary N) is 2. The maximum absolute atomic E-state index is 14.8. The van der Waals surface area contributed by atoms with Gasteiger partial charge in [-0.1, -0.05) is 6.92 Å². The van der Waals surface area contributed by atoms with E-state index in [9.17, 15) is 14.0 Å². The van der Waals surface area contributed by atoms with Crippen LogP contribution in [0.4, 0.5) is 10.2 Å². The van der Waals surface area contributed by atoms with E-state index < -0.39 is 23.8 Å². The Kier molecular flexibility index (Phi) is 8.48. The highest BCUT2D eigenvalue weighted by Gasteiger charge is 2.48. The Hall–Kier alpha value is -3.43. The van der Waals surface area contributed by atoms with Gasteiger partial charge >= 0.3 is 0 Å². The van der Waals surface area contributed by atoms with E-state index in [0.717, 1.165) is 32.1 Å². The third-order valence-corrected chi connectivity index (χ3v) is 6.40. The van der Waals surface area contributed by atoms with E-state index in [0.29, 0.717) is 24.1 Å². The fraction of sp³-hybridized carbons (Fsp3) is 0.520. The summed E-state index contributed by atoms with van der Waals surface area (Å²) in [5, 5.41) is 16.4. The third-order valence-electron chi connectivity index (χ3n) is 6.40. The molecule has 1 atom stereocenters. The average Bonchev–Trinajstić information content (AvgIpc) is 3.70. The van der Waals surface area contributed by atoms with Crippen molar-refractivity contribution in [2.75, 3.05) is 11.9 Å². The van der Waals surface area contributed by atoms with Crippen LogP contribution in [0.3, 0.4) is 0 Å². The van der Waals surface area contributed by atoms with Gasteiger partial charge in [0.2, 0.25) is 11.9 Å². The maximum Gasteiger partial charge on any atom is 0.269 e. The maximum atomic E-state index is 14.8. The number of hydrogen-bond donors (Lipinski definition) is 6. The zero-order chi connectivity index (χ0) is 25.7. The number of aromatic nitrogens is 1. The second-order valence-electron chi connectivity index (χ2n) is 9.42. The van der Waals surface area contributed by atoms with Crippen molar-refractivity contribution in [3.8, 4) is 0 Å². The van der Waals surface area contributed by atoms with Crippen LogP contribution in [0.5, 0.6) is 0 Å². The van der Waals surface area contributed by atoms with Crippen molar-refractivity contribution in [2.24, 2.45) is 29.2 Å². The number of amides is 2. The van der Waals surface area contributed by atoms with Crippen LogP contribution in [0.1, 0.15) is 58.4 Å². The van der Waals surface area contributed by atoms with Gasteiger partial charge < -0.3 is 32.8 Å². The van der Waals surface area contributed by atoms with Crippen LogP contribution in [-0.2, 0) is 9.59 Å². The van der Waals surface area contributed by atoms with Crippen LogP contribution in [0.2, 0.25) is 0 Å². The van der Waals surface area contributed by atoms with Crippen molar-refractivity contribution < 1.29 is 14.0 Å². The first-order valence-electron chi connectivity index (χ1n) is 12.1. The molecule has 9 nitrogen and oxygen atoms in total. The molecular weight excluding hydrogens is 449 g/mol. The van der Waals surface area contributed by atoms with E-state index in [-0.39, 0.29) is 34.3 Å². The van der Waals surface area contributed by atoms with E-state index in [1.54, 1.807) is 6.92 Å². The zero-order valence-electron chi connectivity index (χ0n) is 20.6. The number of pyridine rings is 1. The van der Waals surface area contributed by atoms with Crippen molar-refractivity contribution in [2.45, 2.75) is 58.9 Å². The molecule has 3 rings (SSSR count). The molecule has 1 heterocycles.